The summed E-state index contributed by atoms with van der Waals surface area (Å²) in [7, 11) is 0. The summed E-state index contributed by atoms with van der Waals surface area (Å²) >= 11 is 0. The number of carboxylic acids is 1. The highest BCUT2D eigenvalue weighted by atomic mass is 16.4. The molecule has 0 saturated carbocycles. The Labute approximate surface area is 99.7 Å². The van der Waals surface area contributed by atoms with Crippen LogP contribution in [0.2, 0.25) is 0 Å². The van der Waals surface area contributed by atoms with Crippen molar-refractivity contribution in [1.82, 2.24) is 4.98 Å². The first-order valence-corrected chi connectivity index (χ1v) is 5.74. The first-order chi connectivity index (χ1) is 8.11. The molecule has 2 N–H and O–H groups in total. The van der Waals surface area contributed by atoms with Gasteiger partial charge in [-0.1, -0.05) is 0 Å². The fraction of sp³-hybridized carbons (Fsp3) is 0.500. The minimum absolute atomic E-state index is 0.0389. The van der Waals surface area contributed by atoms with Crippen molar-refractivity contribution in [3.63, 3.8) is 0 Å². The number of aromatic nitrogens is 1. The Kier molecular flexibility index (Phi) is 3.28. The van der Waals surface area contributed by atoms with Crippen molar-refractivity contribution in [3.05, 3.63) is 23.9 Å². The van der Waals surface area contributed by atoms with Gasteiger partial charge in [0.25, 0.3) is 0 Å². The van der Waals surface area contributed by atoms with Gasteiger partial charge in [0.15, 0.2) is 0 Å². The molecule has 0 radical (unpaired) electrons. The molecule has 17 heavy (non-hydrogen) atoms. The zero-order valence-corrected chi connectivity index (χ0v) is 9.71. The number of carbonyl (C=O) groups is 1. The smallest absolute Gasteiger partial charge is 0.339 e. The number of pyridine rings is 1. The van der Waals surface area contributed by atoms with Crippen molar-refractivity contribution < 1.29 is 15.0 Å². The number of aliphatic hydroxyl groups is 1. The lowest BCUT2D eigenvalue weighted by molar-refractivity contribution is 0.0696. The largest absolute Gasteiger partial charge is 0.478 e. The van der Waals surface area contributed by atoms with Crippen molar-refractivity contribution in [1.29, 1.82) is 0 Å². The zero-order chi connectivity index (χ0) is 12.4. The summed E-state index contributed by atoms with van der Waals surface area (Å²) in [6.07, 6.45) is 2.92. The van der Waals surface area contributed by atoms with Gasteiger partial charge in [-0.3, -0.25) is 0 Å². The molecular formula is C12H16N2O3. The number of anilines is 1. The second-order valence-electron chi connectivity index (χ2n) is 4.32. The van der Waals surface area contributed by atoms with Gasteiger partial charge in [-0.2, -0.15) is 0 Å². The maximum atomic E-state index is 11.1. The molecule has 0 aromatic carbocycles. The number of nitrogens with zero attached hydrogens (tertiary/aromatic N) is 2. The van der Waals surface area contributed by atoms with E-state index in [0.717, 1.165) is 19.4 Å². The predicted molar refractivity (Wildman–Crippen MR) is 63.2 cm³/mol. The Balaban J connectivity index is 2.36. The van der Waals surface area contributed by atoms with Gasteiger partial charge in [-0.15, -0.1) is 0 Å². The molecule has 92 valence electrons. The maximum absolute atomic E-state index is 11.1. The Morgan fingerprint density at radius 1 is 1.65 bits per heavy atom. The van der Waals surface area contributed by atoms with Crippen LogP contribution in [0.1, 0.15) is 30.1 Å². The zero-order valence-electron chi connectivity index (χ0n) is 9.71. The number of hydrogen-bond donors (Lipinski definition) is 2. The molecule has 1 aromatic rings. The molecule has 1 aliphatic heterocycles. The highest BCUT2D eigenvalue weighted by Crippen LogP contribution is 2.28. The van der Waals surface area contributed by atoms with Crippen LogP contribution >= 0.6 is 0 Å². The molecule has 0 spiro atoms. The molecule has 1 aromatic heterocycles. The molecule has 2 rings (SSSR count). The molecular weight excluding hydrogens is 220 g/mol. The molecule has 0 aliphatic carbocycles. The van der Waals surface area contributed by atoms with Gasteiger partial charge in [-0.25, -0.2) is 9.78 Å². The highest BCUT2D eigenvalue weighted by Gasteiger charge is 2.31. The lowest BCUT2D eigenvalue weighted by Gasteiger charge is -2.28. The third-order valence-corrected chi connectivity index (χ3v) is 3.15. The van der Waals surface area contributed by atoms with Gasteiger partial charge in [0.05, 0.1) is 12.1 Å². The second-order valence-corrected chi connectivity index (χ2v) is 4.32. The number of hydrogen-bond acceptors (Lipinski definition) is 4. The van der Waals surface area contributed by atoms with Gasteiger partial charge >= 0.3 is 5.97 Å². The molecule has 2 unspecified atom stereocenters. The van der Waals surface area contributed by atoms with E-state index in [1.165, 1.54) is 0 Å². The summed E-state index contributed by atoms with van der Waals surface area (Å²) in [6, 6.07) is 3.12. The van der Waals surface area contributed by atoms with E-state index >= 15 is 0 Å². The van der Waals surface area contributed by atoms with E-state index < -0.39 is 12.1 Å². The Morgan fingerprint density at radius 2 is 2.41 bits per heavy atom. The van der Waals surface area contributed by atoms with E-state index in [4.69, 9.17) is 5.11 Å². The van der Waals surface area contributed by atoms with Crippen LogP contribution in [0.3, 0.4) is 0 Å². The van der Waals surface area contributed by atoms with Crippen LogP contribution in [0.4, 0.5) is 5.82 Å². The van der Waals surface area contributed by atoms with Crippen molar-refractivity contribution in [3.8, 4) is 0 Å². The summed E-state index contributed by atoms with van der Waals surface area (Å²) in [5, 5.41) is 18.8. The van der Waals surface area contributed by atoms with E-state index in [9.17, 15) is 9.90 Å². The molecule has 5 heteroatoms. The summed E-state index contributed by atoms with van der Waals surface area (Å²) in [6.45, 7) is 2.47. The van der Waals surface area contributed by atoms with E-state index in [1.54, 1.807) is 25.3 Å². The summed E-state index contributed by atoms with van der Waals surface area (Å²) in [5.74, 6) is -0.521. The topological polar surface area (TPSA) is 73.7 Å². The minimum atomic E-state index is -0.982. The molecule has 1 aliphatic rings. The van der Waals surface area contributed by atoms with E-state index in [2.05, 4.69) is 4.98 Å². The Hall–Kier alpha value is -1.62. The lowest BCUT2D eigenvalue weighted by Crippen LogP contribution is -2.38. The molecule has 1 fully saturated rings. The molecule has 0 amide bonds. The highest BCUT2D eigenvalue weighted by molar-refractivity contribution is 5.93. The van der Waals surface area contributed by atoms with Crippen molar-refractivity contribution in [2.75, 3.05) is 11.4 Å². The van der Waals surface area contributed by atoms with E-state index in [-0.39, 0.29) is 11.6 Å². The third kappa shape index (κ3) is 2.24. The first kappa shape index (κ1) is 11.9. The maximum Gasteiger partial charge on any atom is 0.339 e. The van der Waals surface area contributed by atoms with Gasteiger partial charge in [-0.05, 0) is 31.9 Å². The summed E-state index contributed by atoms with van der Waals surface area (Å²) < 4.78 is 0. The summed E-state index contributed by atoms with van der Waals surface area (Å²) in [4.78, 5) is 17.2. The van der Waals surface area contributed by atoms with Crippen molar-refractivity contribution in [2.45, 2.75) is 31.9 Å². The quantitative estimate of drug-likeness (QED) is 0.823. The van der Waals surface area contributed by atoms with Crippen LogP contribution < -0.4 is 4.90 Å². The number of aliphatic hydroxyl groups excluding tert-OH is 1. The fourth-order valence-corrected chi connectivity index (χ4v) is 2.35. The molecule has 2 atom stereocenters. The Morgan fingerprint density at radius 3 is 3.06 bits per heavy atom. The predicted octanol–water partition coefficient (Wildman–Crippen LogP) is 1.13. The van der Waals surface area contributed by atoms with Gasteiger partial charge < -0.3 is 15.1 Å². The number of aromatic carboxylic acids is 1. The van der Waals surface area contributed by atoms with Gasteiger partial charge in [0.1, 0.15) is 11.4 Å². The second kappa shape index (κ2) is 4.71. The SMILES string of the molecule is CC(O)C1CCCN1c1ncccc1C(=O)O. The molecule has 5 nitrogen and oxygen atoms in total. The van der Waals surface area contributed by atoms with Crippen LogP contribution in [0, 0.1) is 0 Å². The monoisotopic (exact) mass is 236 g/mol. The van der Waals surface area contributed by atoms with E-state index in [1.807, 2.05) is 4.90 Å². The van der Waals surface area contributed by atoms with Crippen LogP contribution in [-0.4, -0.2) is 39.9 Å². The van der Waals surface area contributed by atoms with Crippen LogP contribution in [-0.2, 0) is 0 Å². The normalized spacial score (nSPS) is 21.5. The standard InChI is InChI=1S/C12H16N2O3/c1-8(15)10-5-3-7-14(10)11-9(12(16)17)4-2-6-13-11/h2,4,6,8,10,15H,3,5,7H2,1H3,(H,16,17). The average molecular weight is 236 g/mol. The Bertz CT molecular complexity index is 420. The van der Waals surface area contributed by atoms with Gasteiger partial charge in [0, 0.05) is 12.7 Å². The number of carboxylic acid groups (broad SMARTS) is 1. The molecule has 2 heterocycles. The minimum Gasteiger partial charge on any atom is -0.478 e. The van der Waals surface area contributed by atoms with Gasteiger partial charge in [0.2, 0.25) is 0 Å². The van der Waals surface area contributed by atoms with Crippen LogP contribution in [0.15, 0.2) is 18.3 Å². The first-order valence-electron chi connectivity index (χ1n) is 5.74. The number of rotatable bonds is 3. The third-order valence-electron chi connectivity index (χ3n) is 3.15. The fourth-order valence-electron chi connectivity index (χ4n) is 2.35. The molecule has 1 saturated heterocycles. The molecule has 0 bridgehead atoms. The van der Waals surface area contributed by atoms with E-state index in [0.29, 0.717) is 5.82 Å². The summed E-state index contributed by atoms with van der Waals surface area (Å²) in [5.41, 5.74) is 0.194. The lowest BCUT2D eigenvalue weighted by atomic mass is 10.1. The van der Waals surface area contributed by atoms with Crippen molar-refractivity contribution in [2.24, 2.45) is 0 Å². The average Bonchev–Trinajstić information content (AvgIpc) is 2.77. The van der Waals surface area contributed by atoms with Crippen LogP contribution in [0.5, 0.6) is 0 Å². The van der Waals surface area contributed by atoms with Crippen molar-refractivity contribution >= 4 is 11.8 Å². The van der Waals surface area contributed by atoms with Crippen LogP contribution in [0.25, 0.3) is 0 Å².